The summed E-state index contributed by atoms with van der Waals surface area (Å²) in [4.78, 5) is 58.8. The van der Waals surface area contributed by atoms with Crippen LogP contribution in [0.4, 0.5) is 0 Å². The number of benzene rings is 12. The minimum atomic E-state index is 0.884. The highest BCUT2D eigenvalue weighted by Crippen LogP contribution is 2.41. The monoisotopic (exact) mass is 1480 g/mol. The zero-order valence-electron chi connectivity index (χ0n) is 62.0. The van der Waals surface area contributed by atoms with Gasteiger partial charge in [-0.25, -0.2) is 29.9 Å². The number of fused-ring (bicyclic) bond motifs is 18. The lowest BCUT2D eigenvalue weighted by molar-refractivity contribution is 1.36. The van der Waals surface area contributed by atoms with Crippen LogP contribution in [0.1, 0.15) is 0 Å². The van der Waals surface area contributed by atoms with Gasteiger partial charge in [0.1, 0.15) is 0 Å². The van der Waals surface area contributed by atoms with Crippen LogP contribution >= 0.6 is 0 Å². The Hall–Kier alpha value is -15.9. The lowest BCUT2D eigenvalue weighted by Gasteiger charge is -2.13. The van der Waals surface area contributed by atoms with Crippen molar-refractivity contribution in [2.75, 3.05) is 0 Å². The number of hydrogen-bond acceptors (Lipinski definition) is 12. The van der Waals surface area contributed by atoms with Crippen LogP contribution in [0.15, 0.2) is 365 Å². The number of rotatable bonds is 8. The highest BCUT2D eigenvalue weighted by molar-refractivity contribution is 6.12. The van der Waals surface area contributed by atoms with E-state index in [2.05, 4.69) is 311 Å². The number of nitrogens with zero attached hydrogens (tertiary/aromatic N) is 12. The van der Waals surface area contributed by atoms with Crippen LogP contribution in [-0.2, 0) is 0 Å². The first-order valence-electron chi connectivity index (χ1n) is 38.7. The summed E-state index contributed by atoms with van der Waals surface area (Å²) >= 11 is 0. The van der Waals surface area contributed by atoms with Crippen LogP contribution in [-0.4, -0.2) is 59.8 Å². The predicted octanol–water partition coefficient (Wildman–Crippen LogP) is 25.6. The second kappa shape index (κ2) is 26.9. The van der Waals surface area contributed by atoms with Gasteiger partial charge in [-0.1, -0.05) is 206 Å². The maximum atomic E-state index is 5.20. The van der Waals surface area contributed by atoms with Crippen molar-refractivity contribution >= 4 is 152 Å². The maximum Gasteiger partial charge on any atom is 0.0972 e. The third-order valence-corrected chi connectivity index (χ3v) is 22.7. The first kappa shape index (κ1) is 65.9. The molecule has 12 heteroatoms. The van der Waals surface area contributed by atoms with E-state index < -0.39 is 0 Å². The van der Waals surface area contributed by atoms with Gasteiger partial charge in [-0.05, 0) is 165 Å². The van der Waals surface area contributed by atoms with Crippen LogP contribution < -0.4 is 0 Å². The molecule has 12 nitrogen and oxygen atoms in total. The Morgan fingerprint density at radius 3 is 0.897 bits per heavy atom. The van der Waals surface area contributed by atoms with E-state index in [9.17, 15) is 0 Å². The number of aromatic nitrogens is 12. The molecule has 24 aromatic rings. The molecule has 0 atom stereocenters. The van der Waals surface area contributed by atoms with Crippen LogP contribution in [0.5, 0.6) is 0 Å². The summed E-state index contributed by atoms with van der Waals surface area (Å²) in [5.41, 5.74) is 27.4. The molecule has 24 rings (SSSR count). The normalized spacial score (nSPS) is 11.8. The first-order valence-corrected chi connectivity index (χ1v) is 38.7. The minimum absolute atomic E-state index is 0.884. The molecule has 536 valence electrons. The number of pyridine rings is 12. The third-order valence-electron chi connectivity index (χ3n) is 22.7. The summed E-state index contributed by atoms with van der Waals surface area (Å²) in [5.74, 6) is 0. The molecular formula is C104H60N12. The minimum Gasteiger partial charge on any atom is -0.254 e. The van der Waals surface area contributed by atoms with Gasteiger partial charge in [-0.15, -0.1) is 0 Å². The summed E-state index contributed by atoms with van der Waals surface area (Å²) in [6.45, 7) is 0. The molecule has 12 aromatic heterocycles. The van der Waals surface area contributed by atoms with Crippen molar-refractivity contribution < 1.29 is 0 Å². The van der Waals surface area contributed by atoms with E-state index in [1.807, 2.05) is 73.6 Å². The molecule has 0 amide bonds. The quantitative estimate of drug-likeness (QED) is 0.133. The number of hydrogen-bond donors (Lipinski definition) is 0. The zero-order valence-corrected chi connectivity index (χ0v) is 62.0. The fraction of sp³-hybridized carbons (Fsp3) is 0. The molecule has 12 heterocycles. The maximum absolute atomic E-state index is 5.20. The van der Waals surface area contributed by atoms with E-state index in [0.717, 1.165) is 242 Å². The van der Waals surface area contributed by atoms with E-state index in [-0.39, 0.29) is 0 Å². The average Bonchev–Trinajstić information content (AvgIpc) is 0.764. The molecule has 0 fully saturated rings. The molecule has 0 saturated carbocycles. The van der Waals surface area contributed by atoms with Gasteiger partial charge in [0.05, 0.1) is 100 Å². The highest BCUT2D eigenvalue weighted by atomic mass is 14.8. The van der Waals surface area contributed by atoms with Crippen molar-refractivity contribution in [2.24, 2.45) is 0 Å². The molecule has 0 bridgehead atoms. The van der Waals surface area contributed by atoms with Gasteiger partial charge in [-0.3, -0.25) is 29.9 Å². The molecule has 0 aliphatic carbocycles. The van der Waals surface area contributed by atoms with Gasteiger partial charge < -0.3 is 0 Å². The molecular weight excluding hydrogens is 1420 g/mol. The van der Waals surface area contributed by atoms with Crippen molar-refractivity contribution in [1.29, 1.82) is 0 Å². The Morgan fingerprint density at radius 1 is 0.138 bits per heavy atom. The molecule has 0 aliphatic heterocycles. The molecule has 0 spiro atoms. The second-order valence-electron chi connectivity index (χ2n) is 29.5. The van der Waals surface area contributed by atoms with Crippen molar-refractivity contribution in [3.05, 3.63) is 365 Å². The van der Waals surface area contributed by atoms with E-state index in [1.165, 1.54) is 0 Å². The molecule has 0 unspecified atom stereocenters. The molecule has 0 aliphatic rings. The Kier molecular flexibility index (Phi) is 15.3. The summed E-state index contributed by atoms with van der Waals surface area (Å²) in [6.07, 6.45) is 11.0. The van der Waals surface area contributed by atoms with E-state index in [1.54, 1.807) is 0 Å². The van der Waals surface area contributed by atoms with E-state index in [0.29, 0.717) is 0 Å². The third kappa shape index (κ3) is 11.5. The lowest BCUT2D eigenvalue weighted by Crippen LogP contribution is -1.92. The average molecular weight is 1480 g/mol. The van der Waals surface area contributed by atoms with Gasteiger partial charge in [0, 0.05) is 135 Å². The SMILES string of the molecule is c1cnc2c(c1)ccc1ccc(-c3ccc(-c4ccc5cc(-c6ccc7ccc(-c8ccnc9c8ccc8cccnc89)nc7c6)ccc5n4)c4ccccc34)nc12.c1cnc2c(c1)ccc1ccc(-c3ccc4cc(-c5ccc6cc(-c7ccc8ccc(-c9ccnc%10c9ccc9cccnc9%10)nc8c7)ccc6n5)ccc4c3)nc12. The summed E-state index contributed by atoms with van der Waals surface area (Å²) < 4.78 is 0. The van der Waals surface area contributed by atoms with Crippen molar-refractivity contribution in [2.45, 2.75) is 0 Å². The summed E-state index contributed by atoms with van der Waals surface area (Å²) in [6, 6.07) is 115. The molecule has 116 heavy (non-hydrogen) atoms. The van der Waals surface area contributed by atoms with Gasteiger partial charge in [0.2, 0.25) is 0 Å². The standard InChI is InChI=1S/2C52H30N6/c1-3-32-6-7-34-15-19-46(58-51(34)49(32)53-24-1)40-12-10-35-27-39(11-9-36(35)28-40)45-21-17-41-29-37(16-20-44(41)56-45)38-8-5-31-14-22-47(57-48(31)30-38)42-23-26-55-52-43(42)18-13-33-4-2-25-54-50(33)52;1-2-8-39-38(7-1)40(19-20-41(39)47-23-15-34-11-10-32-5-3-26-53-49(32)51(34)58-47)45-24-17-37-29-35(16-21-44(37)56-45)36-12-9-31-14-22-46(57-48(31)30-36)42-25-28-55-52-43(42)18-13-33-6-4-27-54-50(33)52/h2*1-30H. The topological polar surface area (TPSA) is 155 Å². The Labute approximate surface area is 662 Å². The first-order chi connectivity index (χ1) is 57.4. The van der Waals surface area contributed by atoms with Gasteiger partial charge in [0.15, 0.2) is 0 Å². The zero-order chi connectivity index (χ0) is 76.3. The molecule has 12 aromatic carbocycles. The van der Waals surface area contributed by atoms with Crippen LogP contribution in [0.3, 0.4) is 0 Å². The Morgan fingerprint density at radius 2 is 0.431 bits per heavy atom. The van der Waals surface area contributed by atoms with Crippen molar-refractivity contribution in [3.63, 3.8) is 0 Å². The molecule has 0 saturated heterocycles. The fourth-order valence-electron chi connectivity index (χ4n) is 16.8. The van der Waals surface area contributed by atoms with Crippen molar-refractivity contribution in [3.8, 4) is 89.8 Å². The fourth-order valence-corrected chi connectivity index (χ4v) is 16.8. The van der Waals surface area contributed by atoms with Gasteiger partial charge >= 0.3 is 0 Å². The summed E-state index contributed by atoms with van der Waals surface area (Å²) in [5, 5.41) is 17.5. The van der Waals surface area contributed by atoms with E-state index >= 15 is 0 Å². The Bertz CT molecular complexity index is 8270. The Balaban J connectivity index is 0.000000137. The lowest BCUT2D eigenvalue weighted by atomic mass is 9.95. The molecule has 0 N–H and O–H groups in total. The van der Waals surface area contributed by atoms with Gasteiger partial charge in [-0.2, -0.15) is 0 Å². The van der Waals surface area contributed by atoms with E-state index in [4.69, 9.17) is 39.9 Å². The van der Waals surface area contributed by atoms with Gasteiger partial charge in [0.25, 0.3) is 0 Å². The van der Waals surface area contributed by atoms with Crippen LogP contribution in [0.25, 0.3) is 242 Å². The summed E-state index contributed by atoms with van der Waals surface area (Å²) in [7, 11) is 0. The van der Waals surface area contributed by atoms with Crippen LogP contribution in [0.2, 0.25) is 0 Å². The van der Waals surface area contributed by atoms with Crippen molar-refractivity contribution in [1.82, 2.24) is 59.8 Å². The largest absolute Gasteiger partial charge is 0.254 e. The van der Waals surface area contributed by atoms with Crippen LogP contribution in [0, 0.1) is 0 Å². The predicted molar refractivity (Wildman–Crippen MR) is 475 cm³/mol. The smallest absolute Gasteiger partial charge is 0.0972 e. The second-order valence-corrected chi connectivity index (χ2v) is 29.5. The molecule has 0 radical (unpaired) electrons. The highest BCUT2D eigenvalue weighted by Gasteiger charge is 2.19.